The molecule has 7 heteroatoms. The van der Waals surface area contributed by atoms with Gasteiger partial charge < -0.3 is 19.7 Å². The van der Waals surface area contributed by atoms with Crippen molar-refractivity contribution < 1.29 is 19.7 Å². The van der Waals surface area contributed by atoms with E-state index < -0.39 is 5.95 Å². The molecule has 1 aromatic rings. The van der Waals surface area contributed by atoms with Gasteiger partial charge in [-0.1, -0.05) is 11.3 Å². The van der Waals surface area contributed by atoms with Crippen LogP contribution < -0.4 is 4.74 Å². The fourth-order valence-corrected chi connectivity index (χ4v) is 1.52. The molecular formula is C9H12BrNO4S. The first-order valence-corrected chi connectivity index (χ1v) is 5.82. The van der Waals surface area contributed by atoms with Crippen LogP contribution in [0.15, 0.2) is 22.0 Å². The van der Waals surface area contributed by atoms with Crippen LogP contribution in [0.4, 0.5) is 0 Å². The number of nitrogens with zero attached hydrogens (tertiary/aromatic N) is 1. The smallest absolute Gasteiger partial charge is 0.274 e. The third kappa shape index (κ3) is 9.47. The molecule has 0 atom stereocenters. The number of ketones is 1. The molecule has 0 saturated carbocycles. The van der Waals surface area contributed by atoms with E-state index in [9.17, 15) is 4.79 Å². The summed E-state index contributed by atoms with van der Waals surface area (Å²) in [5.74, 6) is -0.578. The molecule has 0 saturated heterocycles. The van der Waals surface area contributed by atoms with E-state index in [1.807, 2.05) is 0 Å². The maximum absolute atomic E-state index is 9.44. The molecule has 1 heterocycles. The molecule has 0 radical (unpaired) electrons. The Balaban J connectivity index is 0.000000487. The van der Waals surface area contributed by atoms with E-state index in [-0.39, 0.29) is 12.4 Å². The molecule has 0 aliphatic heterocycles. The predicted molar refractivity (Wildman–Crippen MR) is 65.0 cm³/mol. The highest BCUT2D eigenvalue weighted by Gasteiger charge is 1.98. The topological polar surface area (TPSA) is 79.7 Å². The van der Waals surface area contributed by atoms with Crippen LogP contribution in [0, 0.1) is 0 Å². The number of carbonyl (C=O) groups excluding carboxylic acids is 1. The second-order valence-corrected chi connectivity index (χ2v) is 5.08. The van der Waals surface area contributed by atoms with Gasteiger partial charge in [-0.2, -0.15) is 0 Å². The molecule has 2 N–H and O–H groups in total. The Bertz CT molecular complexity index is 356. The molecule has 0 amide bonds. The number of ether oxygens (including phenoxy) is 1. The number of aromatic nitrogens is 1. The van der Waals surface area contributed by atoms with Gasteiger partial charge in [0.1, 0.15) is 12.4 Å². The molecule has 0 aliphatic carbocycles. The van der Waals surface area contributed by atoms with Crippen LogP contribution in [-0.2, 0) is 4.79 Å². The zero-order chi connectivity index (χ0) is 12.6. The van der Waals surface area contributed by atoms with Gasteiger partial charge in [-0.3, -0.25) is 0 Å². The first-order valence-electron chi connectivity index (χ1n) is 4.21. The number of hydrogen-bond donors (Lipinski definition) is 2. The molecule has 90 valence electrons. The maximum Gasteiger partial charge on any atom is 0.274 e. The van der Waals surface area contributed by atoms with Crippen LogP contribution in [0.2, 0.25) is 0 Å². The van der Waals surface area contributed by atoms with Crippen molar-refractivity contribution in [3.8, 4) is 5.19 Å². The van der Waals surface area contributed by atoms with Crippen molar-refractivity contribution in [2.75, 3.05) is 6.61 Å². The van der Waals surface area contributed by atoms with Crippen molar-refractivity contribution in [2.24, 2.45) is 0 Å². The van der Waals surface area contributed by atoms with Crippen LogP contribution in [0.1, 0.15) is 13.8 Å². The van der Waals surface area contributed by atoms with Crippen LogP contribution >= 0.6 is 27.3 Å². The number of aliphatic hydroxyl groups is 2. The molecule has 0 aromatic carbocycles. The minimum atomic E-state index is -0.745. The number of Topliss-reactive ketones (excluding diaryl/α,β-unsaturated/α-hetero) is 1. The third-order valence-electron chi connectivity index (χ3n) is 0.929. The summed E-state index contributed by atoms with van der Waals surface area (Å²) in [4.78, 5) is 13.3. The van der Waals surface area contributed by atoms with Gasteiger partial charge in [-0.05, 0) is 29.8 Å². The number of carbonyl (C=O) groups is 1. The van der Waals surface area contributed by atoms with Gasteiger partial charge in [0, 0.05) is 6.08 Å². The highest BCUT2D eigenvalue weighted by atomic mass is 79.9. The van der Waals surface area contributed by atoms with Crippen molar-refractivity contribution in [2.45, 2.75) is 13.8 Å². The van der Waals surface area contributed by atoms with Crippen molar-refractivity contribution in [1.29, 1.82) is 0 Å². The van der Waals surface area contributed by atoms with Gasteiger partial charge >= 0.3 is 0 Å². The number of hydrogen-bond acceptors (Lipinski definition) is 6. The average Bonchev–Trinajstić information content (AvgIpc) is 2.49. The highest BCUT2D eigenvalue weighted by molar-refractivity contribution is 9.11. The molecule has 5 nitrogen and oxygen atoms in total. The average molecular weight is 310 g/mol. The lowest BCUT2D eigenvalue weighted by Crippen LogP contribution is -1.94. The summed E-state index contributed by atoms with van der Waals surface area (Å²) >= 11 is 4.55. The Morgan fingerprint density at radius 2 is 2.19 bits per heavy atom. The Morgan fingerprint density at radius 1 is 1.62 bits per heavy atom. The van der Waals surface area contributed by atoms with Crippen LogP contribution in [-0.4, -0.2) is 27.6 Å². The largest absolute Gasteiger partial charge is 0.481 e. The lowest BCUT2D eigenvalue weighted by molar-refractivity contribution is -0.114. The van der Waals surface area contributed by atoms with Crippen molar-refractivity contribution in [3.05, 3.63) is 22.0 Å². The number of aliphatic hydroxyl groups excluding tert-OH is 1. The zero-order valence-corrected chi connectivity index (χ0v) is 11.2. The van der Waals surface area contributed by atoms with E-state index in [0.717, 1.165) is 9.86 Å². The maximum atomic E-state index is 9.44. The predicted octanol–water partition coefficient (Wildman–Crippen LogP) is 2.84. The number of halogens is 1. The molecule has 1 aromatic heterocycles. The van der Waals surface area contributed by atoms with E-state index in [4.69, 9.17) is 14.9 Å². The summed E-state index contributed by atoms with van der Waals surface area (Å²) < 4.78 is 5.89. The Hall–Kier alpha value is -1.08. The summed E-state index contributed by atoms with van der Waals surface area (Å²) in [7, 11) is 0. The van der Waals surface area contributed by atoms with Gasteiger partial charge in [-0.15, -0.1) is 0 Å². The van der Waals surface area contributed by atoms with Gasteiger partial charge in [0.05, 0.1) is 9.98 Å². The minimum Gasteiger partial charge on any atom is -0.481 e. The van der Waals surface area contributed by atoms with Gasteiger partial charge in [0.25, 0.3) is 11.1 Å². The molecule has 1 rings (SSSR count). The quantitative estimate of drug-likeness (QED) is 0.839. The standard InChI is InChI=1S/C6H6BrNO3S.C3H6O/c7-4-3-8-6(12-4)11-2-1-5(9)10;1-3(2)4/h1,3,9-10H,2H2;1-2H3. The van der Waals surface area contributed by atoms with E-state index in [1.54, 1.807) is 6.20 Å². The van der Waals surface area contributed by atoms with Gasteiger partial charge in [-0.25, -0.2) is 4.98 Å². The highest BCUT2D eigenvalue weighted by Crippen LogP contribution is 2.24. The van der Waals surface area contributed by atoms with E-state index >= 15 is 0 Å². The fourth-order valence-electron chi connectivity index (χ4n) is 0.494. The Morgan fingerprint density at radius 3 is 2.56 bits per heavy atom. The monoisotopic (exact) mass is 309 g/mol. The first kappa shape index (κ1) is 14.9. The molecule has 0 spiro atoms. The second kappa shape index (κ2) is 8.12. The van der Waals surface area contributed by atoms with Crippen molar-refractivity contribution in [1.82, 2.24) is 4.98 Å². The zero-order valence-electron chi connectivity index (χ0n) is 8.81. The van der Waals surface area contributed by atoms with Gasteiger partial charge in [0.2, 0.25) is 0 Å². The fraction of sp³-hybridized carbons (Fsp3) is 0.333. The summed E-state index contributed by atoms with van der Waals surface area (Å²) in [6.45, 7) is 3.16. The summed E-state index contributed by atoms with van der Waals surface area (Å²) in [5.41, 5.74) is 0. The van der Waals surface area contributed by atoms with E-state index in [2.05, 4.69) is 20.9 Å². The molecule has 0 aliphatic rings. The number of thiazole rings is 1. The molecule has 0 unspecified atom stereocenters. The van der Waals surface area contributed by atoms with Crippen LogP contribution in [0.3, 0.4) is 0 Å². The van der Waals surface area contributed by atoms with E-state index in [0.29, 0.717) is 5.19 Å². The normalized spacial score (nSPS) is 8.69. The number of rotatable bonds is 3. The summed E-state index contributed by atoms with van der Waals surface area (Å²) in [5, 5.41) is 17.2. The third-order valence-corrected chi connectivity index (χ3v) is 2.32. The lowest BCUT2D eigenvalue weighted by atomic mass is 10.6. The molecule has 0 bridgehead atoms. The minimum absolute atomic E-state index is 0.0995. The van der Waals surface area contributed by atoms with Crippen molar-refractivity contribution in [3.63, 3.8) is 0 Å². The van der Waals surface area contributed by atoms with E-state index in [1.165, 1.54) is 25.2 Å². The van der Waals surface area contributed by atoms with Crippen LogP contribution in [0.25, 0.3) is 0 Å². The Labute approximate surface area is 106 Å². The molecule has 0 fully saturated rings. The summed E-state index contributed by atoms with van der Waals surface area (Å²) in [6.07, 6.45) is 2.75. The second-order valence-electron chi connectivity index (χ2n) is 2.71. The molecular weight excluding hydrogens is 298 g/mol. The lowest BCUT2D eigenvalue weighted by Gasteiger charge is -1.95. The Kier molecular flexibility index (Phi) is 7.57. The molecule has 16 heavy (non-hydrogen) atoms. The summed E-state index contributed by atoms with van der Waals surface area (Å²) in [6, 6.07) is 0. The van der Waals surface area contributed by atoms with Gasteiger partial charge in [0.15, 0.2) is 0 Å². The van der Waals surface area contributed by atoms with Crippen molar-refractivity contribution >= 4 is 33.0 Å². The first-order chi connectivity index (χ1) is 7.41. The van der Waals surface area contributed by atoms with Crippen LogP contribution in [0.5, 0.6) is 5.19 Å². The SMILES string of the molecule is CC(C)=O.OC(O)=CCOc1ncc(Br)s1.